The largest absolute Gasteiger partial charge is 0.379 e. The van der Waals surface area contributed by atoms with Crippen molar-refractivity contribution in [2.24, 2.45) is 0 Å². The number of aromatic nitrogens is 2. The van der Waals surface area contributed by atoms with Gasteiger partial charge in [-0.15, -0.1) is 11.3 Å². The van der Waals surface area contributed by atoms with Crippen molar-refractivity contribution >= 4 is 21.4 Å². The number of rotatable bonds is 3. The average molecular weight is 327 g/mol. The van der Waals surface area contributed by atoms with Crippen molar-refractivity contribution < 1.29 is 13.2 Å². The molecule has 114 valence electrons. The van der Waals surface area contributed by atoms with Crippen molar-refractivity contribution in [3.05, 3.63) is 23.4 Å². The van der Waals surface area contributed by atoms with Gasteiger partial charge >= 0.3 is 0 Å². The highest BCUT2D eigenvalue weighted by atomic mass is 32.2. The normalized spacial score (nSPS) is 17.2. The standard InChI is InChI=1S/C13H17N3O3S2/c1-9-10(2)14-15-13(9)11-3-4-12(20-11)21(17,18)16-5-7-19-8-6-16/h3-4H,5-8H2,1-2H3,(H,14,15). The highest BCUT2D eigenvalue weighted by Gasteiger charge is 2.28. The number of aryl methyl sites for hydroxylation is 1. The van der Waals surface area contributed by atoms with Gasteiger partial charge in [-0.05, 0) is 31.5 Å². The molecule has 0 radical (unpaired) electrons. The molecule has 6 nitrogen and oxygen atoms in total. The maximum atomic E-state index is 12.6. The number of nitrogens with one attached hydrogen (secondary N) is 1. The fourth-order valence-corrected chi connectivity index (χ4v) is 5.14. The third-order valence-electron chi connectivity index (χ3n) is 3.63. The molecule has 8 heteroatoms. The zero-order valence-corrected chi connectivity index (χ0v) is 13.6. The first-order chi connectivity index (χ1) is 10.00. The predicted molar refractivity (Wildman–Crippen MR) is 81.0 cm³/mol. The zero-order chi connectivity index (χ0) is 15.0. The Bertz CT molecular complexity index is 743. The van der Waals surface area contributed by atoms with E-state index >= 15 is 0 Å². The summed E-state index contributed by atoms with van der Waals surface area (Å²) < 4.78 is 32.2. The summed E-state index contributed by atoms with van der Waals surface area (Å²) in [5.41, 5.74) is 2.86. The van der Waals surface area contributed by atoms with Gasteiger partial charge in [0.15, 0.2) is 0 Å². The van der Waals surface area contributed by atoms with E-state index < -0.39 is 10.0 Å². The molecule has 0 aromatic carbocycles. The number of thiophene rings is 1. The third kappa shape index (κ3) is 2.64. The van der Waals surface area contributed by atoms with E-state index in [1.165, 1.54) is 15.6 Å². The lowest BCUT2D eigenvalue weighted by Crippen LogP contribution is -2.40. The van der Waals surface area contributed by atoms with Crippen LogP contribution in [0.1, 0.15) is 11.3 Å². The van der Waals surface area contributed by atoms with Crippen molar-refractivity contribution in [3.63, 3.8) is 0 Å². The topological polar surface area (TPSA) is 75.3 Å². The average Bonchev–Trinajstić information content (AvgIpc) is 3.09. The van der Waals surface area contributed by atoms with Gasteiger partial charge in [-0.3, -0.25) is 5.10 Å². The number of sulfonamides is 1. The number of hydrogen-bond donors (Lipinski definition) is 1. The first-order valence-electron chi connectivity index (χ1n) is 6.70. The Kier molecular flexibility index (Phi) is 3.87. The Balaban J connectivity index is 1.92. The van der Waals surface area contributed by atoms with Gasteiger partial charge in [-0.25, -0.2) is 8.42 Å². The molecule has 21 heavy (non-hydrogen) atoms. The van der Waals surface area contributed by atoms with Crippen LogP contribution in [0.5, 0.6) is 0 Å². The van der Waals surface area contributed by atoms with Gasteiger partial charge < -0.3 is 4.74 Å². The first kappa shape index (κ1) is 14.7. The van der Waals surface area contributed by atoms with E-state index in [-0.39, 0.29) is 0 Å². The predicted octanol–water partition coefficient (Wildman–Crippen LogP) is 1.78. The van der Waals surface area contributed by atoms with E-state index in [1.807, 2.05) is 19.9 Å². The molecule has 0 atom stereocenters. The van der Waals surface area contributed by atoms with Crippen LogP contribution in [-0.2, 0) is 14.8 Å². The molecule has 0 spiro atoms. The summed E-state index contributed by atoms with van der Waals surface area (Å²) in [6.45, 7) is 5.66. The Morgan fingerprint density at radius 1 is 1.29 bits per heavy atom. The van der Waals surface area contributed by atoms with Crippen LogP contribution in [0.2, 0.25) is 0 Å². The molecule has 1 aliphatic heterocycles. The molecule has 0 unspecified atom stereocenters. The van der Waals surface area contributed by atoms with Crippen molar-refractivity contribution in [1.29, 1.82) is 0 Å². The quantitative estimate of drug-likeness (QED) is 0.932. The second kappa shape index (κ2) is 5.53. The Morgan fingerprint density at radius 2 is 2.00 bits per heavy atom. The monoisotopic (exact) mass is 327 g/mol. The molecule has 2 aromatic rings. The van der Waals surface area contributed by atoms with E-state index in [4.69, 9.17) is 4.74 Å². The first-order valence-corrected chi connectivity index (χ1v) is 8.95. The summed E-state index contributed by atoms with van der Waals surface area (Å²) >= 11 is 1.26. The molecule has 2 aromatic heterocycles. The van der Waals surface area contributed by atoms with Crippen molar-refractivity contribution in [1.82, 2.24) is 14.5 Å². The second-order valence-electron chi connectivity index (χ2n) is 4.96. The van der Waals surface area contributed by atoms with E-state index in [0.29, 0.717) is 30.5 Å². The lowest BCUT2D eigenvalue weighted by atomic mass is 10.2. The van der Waals surface area contributed by atoms with Crippen LogP contribution in [0.3, 0.4) is 0 Å². The summed E-state index contributed by atoms with van der Waals surface area (Å²) in [6.07, 6.45) is 0. The minimum Gasteiger partial charge on any atom is -0.379 e. The zero-order valence-electron chi connectivity index (χ0n) is 11.9. The van der Waals surface area contributed by atoms with E-state index in [9.17, 15) is 8.42 Å². The van der Waals surface area contributed by atoms with Crippen molar-refractivity contribution in [2.45, 2.75) is 18.1 Å². The maximum absolute atomic E-state index is 12.6. The highest BCUT2D eigenvalue weighted by Crippen LogP contribution is 2.33. The number of morpholine rings is 1. The van der Waals surface area contributed by atoms with Crippen LogP contribution in [0.25, 0.3) is 10.6 Å². The fourth-order valence-electron chi connectivity index (χ4n) is 2.23. The Morgan fingerprint density at radius 3 is 2.62 bits per heavy atom. The molecule has 0 aliphatic carbocycles. The number of aromatic amines is 1. The molecule has 0 bridgehead atoms. The summed E-state index contributed by atoms with van der Waals surface area (Å²) in [6, 6.07) is 3.48. The van der Waals surface area contributed by atoms with Crippen LogP contribution in [0.15, 0.2) is 16.3 Å². The molecule has 0 saturated carbocycles. The molecule has 3 heterocycles. The van der Waals surface area contributed by atoms with Crippen LogP contribution in [-0.4, -0.2) is 49.2 Å². The van der Waals surface area contributed by atoms with Gasteiger partial charge in [-0.1, -0.05) is 0 Å². The summed E-state index contributed by atoms with van der Waals surface area (Å²) in [5, 5.41) is 7.18. The minimum atomic E-state index is -3.42. The van der Waals surface area contributed by atoms with Crippen LogP contribution in [0, 0.1) is 13.8 Å². The fraction of sp³-hybridized carbons (Fsp3) is 0.462. The minimum absolute atomic E-state index is 0.361. The van der Waals surface area contributed by atoms with Crippen LogP contribution < -0.4 is 0 Å². The number of ether oxygens (including phenoxy) is 1. The summed E-state index contributed by atoms with van der Waals surface area (Å²) in [4.78, 5) is 0.865. The van der Waals surface area contributed by atoms with Gasteiger partial charge in [0.2, 0.25) is 0 Å². The third-order valence-corrected chi connectivity index (χ3v) is 7.09. The van der Waals surface area contributed by atoms with Gasteiger partial charge in [0.1, 0.15) is 9.90 Å². The van der Waals surface area contributed by atoms with E-state index in [1.54, 1.807) is 6.07 Å². The highest BCUT2D eigenvalue weighted by molar-refractivity contribution is 7.91. The molecule has 1 fully saturated rings. The molecular weight excluding hydrogens is 310 g/mol. The number of hydrogen-bond acceptors (Lipinski definition) is 5. The Labute approximate surface area is 127 Å². The SMILES string of the molecule is Cc1[nH]nc(-c2ccc(S(=O)(=O)N3CCOCC3)s2)c1C. The smallest absolute Gasteiger partial charge is 0.252 e. The lowest BCUT2D eigenvalue weighted by Gasteiger charge is -2.25. The van der Waals surface area contributed by atoms with Crippen LogP contribution >= 0.6 is 11.3 Å². The van der Waals surface area contributed by atoms with Gasteiger partial charge in [0, 0.05) is 18.8 Å². The number of nitrogens with zero attached hydrogens (tertiary/aromatic N) is 2. The molecule has 1 aliphatic rings. The maximum Gasteiger partial charge on any atom is 0.252 e. The molecular formula is C13H17N3O3S2. The van der Waals surface area contributed by atoms with E-state index in [2.05, 4.69) is 10.2 Å². The lowest BCUT2D eigenvalue weighted by molar-refractivity contribution is 0.0731. The van der Waals surface area contributed by atoms with Gasteiger partial charge in [-0.2, -0.15) is 9.40 Å². The number of H-pyrrole nitrogens is 1. The van der Waals surface area contributed by atoms with Crippen molar-refractivity contribution in [2.75, 3.05) is 26.3 Å². The van der Waals surface area contributed by atoms with E-state index in [0.717, 1.165) is 21.8 Å². The van der Waals surface area contributed by atoms with Crippen molar-refractivity contribution in [3.8, 4) is 10.6 Å². The molecule has 1 N–H and O–H groups in total. The molecule has 1 saturated heterocycles. The second-order valence-corrected chi connectivity index (χ2v) is 8.21. The molecule has 0 amide bonds. The Hall–Kier alpha value is -1.22. The van der Waals surface area contributed by atoms with Gasteiger partial charge in [0.05, 0.1) is 18.1 Å². The van der Waals surface area contributed by atoms with Gasteiger partial charge in [0.25, 0.3) is 10.0 Å². The summed E-state index contributed by atoms with van der Waals surface area (Å²) in [7, 11) is -3.42. The summed E-state index contributed by atoms with van der Waals surface area (Å²) in [5.74, 6) is 0. The molecule has 3 rings (SSSR count). The van der Waals surface area contributed by atoms with Crippen LogP contribution in [0.4, 0.5) is 0 Å².